The Morgan fingerprint density at radius 3 is 2.55 bits per heavy atom. The van der Waals surface area contributed by atoms with Crippen molar-refractivity contribution in [3.8, 4) is 0 Å². The Labute approximate surface area is 219 Å². The maximum atomic E-state index is 14.2. The Morgan fingerprint density at radius 2 is 1.87 bits per heavy atom. The van der Waals surface area contributed by atoms with Crippen LogP contribution in [0.4, 0.5) is 8.78 Å². The van der Waals surface area contributed by atoms with Gasteiger partial charge in [0.2, 0.25) is 5.91 Å². The molecular formula is C28H31F2N3O5. The molecule has 0 bridgehead atoms. The lowest BCUT2D eigenvalue weighted by Gasteiger charge is -2.44. The molecule has 0 unspecified atom stereocenters. The van der Waals surface area contributed by atoms with Crippen LogP contribution in [0, 0.1) is 18.6 Å². The van der Waals surface area contributed by atoms with Gasteiger partial charge in [-0.2, -0.15) is 0 Å². The van der Waals surface area contributed by atoms with Gasteiger partial charge in [-0.25, -0.2) is 8.78 Å². The molecule has 0 aliphatic carbocycles. The molecule has 3 amide bonds. The molecule has 0 saturated carbocycles. The van der Waals surface area contributed by atoms with Crippen LogP contribution in [0.2, 0.25) is 0 Å². The molecule has 1 spiro atoms. The van der Waals surface area contributed by atoms with Crippen LogP contribution in [-0.2, 0) is 14.3 Å². The second-order valence-electron chi connectivity index (χ2n) is 10.1. The van der Waals surface area contributed by atoms with Gasteiger partial charge in [-0.05, 0) is 44.0 Å². The Hall–Kier alpha value is -3.37. The average Bonchev–Trinajstić information content (AvgIpc) is 3.55. The van der Waals surface area contributed by atoms with Crippen molar-refractivity contribution >= 4 is 17.7 Å². The van der Waals surface area contributed by atoms with Crippen molar-refractivity contribution in [3.05, 3.63) is 70.8 Å². The topological polar surface area (TPSA) is 88.2 Å². The summed E-state index contributed by atoms with van der Waals surface area (Å²) in [4.78, 5) is 43.1. The highest BCUT2D eigenvalue weighted by molar-refractivity contribution is 5.99. The largest absolute Gasteiger partial charge is 0.376 e. The third kappa shape index (κ3) is 5.15. The summed E-state index contributed by atoms with van der Waals surface area (Å²) >= 11 is 0. The van der Waals surface area contributed by atoms with Gasteiger partial charge < -0.3 is 19.7 Å². The first kappa shape index (κ1) is 26.2. The van der Waals surface area contributed by atoms with Crippen molar-refractivity contribution in [1.82, 2.24) is 15.1 Å². The molecule has 3 heterocycles. The summed E-state index contributed by atoms with van der Waals surface area (Å²) in [7, 11) is 0. The lowest BCUT2D eigenvalue weighted by Crippen LogP contribution is -2.60. The highest BCUT2D eigenvalue weighted by Crippen LogP contribution is 2.39. The predicted molar refractivity (Wildman–Crippen MR) is 133 cm³/mol. The monoisotopic (exact) mass is 527 g/mol. The van der Waals surface area contributed by atoms with Gasteiger partial charge in [0, 0.05) is 50.7 Å². The van der Waals surface area contributed by atoms with E-state index in [0.29, 0.717) is 24.8 Å². The molecular weight excluding hydrogens is 496 g/mol. The number of hydrogen-bond donors (Lipinski definition) is 1. The SMILES string of the molecule is Cc1cccc(C(=O)N2[C@H](C(=O)NC[C@@H]3CCCO3)COC23CCN(C(=O)c2ccc(F)cc2F)CC3)c1. The standard InChI is InChI=1S/C28H31F2N3O5/c1-18-4-2-5-19(14-18)26(35)33-24(25(34)31-16-21-6-3-13-37-21)17-38-28(33)9-11-32(12-10-28)27(36)22-8-7-20(29)15-23(22)30/h2,4-5,7-8,14-15,21,24H,3,6,9-13,16-17H2,1H3,(H,31,34)/t21-,24-/m0/s1. The van der Waals surface area contributed by atoms with Crippen molar-refractivity contribution in [2.45, 2.75) is 50.5 Å². The van der Waals surface area contributed by atoms with Crippen LogP contribution < -0.4 is 5.32 Å². The van der Waals surface area contributed by atoms with Crippen molar-refractivity contribution in [1.29, 1.82) is 0 Å². The van der Waals surface area contributed by atoms with Crippen LogP contribution in [-0.4, -0.2) is 78.2 Å². The van der Waals surface area contributed by atoms with Gasteiger partial charge in [-0.15, -0.1) is 0 Å². The lowest BCUT2D eigenvalue weighted by molar-refractivity contribution is -0.128. The number of rotatable bonds is 5. The highest BCUT2D eigenvalue weighted by atomic mass is 19.1. The number of piperidine rings is 1. The van der Waals surface area contributed by atoms with E-state index in [1.165, 1.54) is 9.80 Å². The maximum Gasteiger partial charge on any atom is 0.256 e. The summed E-state index contributed by atoms with van der Waals surface area (Å²) in [6.45, 7) is 3.30. The molecule has 10 heteroatoms. The molecule has 3 aliphatic heterocycles. The third-order valence-corrected chi connectivity index (χ3v) is 7.57. The zero-order valence-corrected chi connectivity index (χ0v) is 21.3. The molecule has 38 heavy (non-hydrogen) atoms. The zero-order valence-electron chi connectivity index (χ0n) is 21.3. The van der Waals surface area contributed by atoms with E-state index in [1.54, 1.807) is 18.2 Å². The normalized spacial score (nSPS) is 22.6. The molecule has 0 aromatic heterocycles. The Kier molecular flexibility index (Phi) is 7.45. The summed E-state index contributed by atoms with van der Waals surface area (Å²) in [6, 6.07) is 9.16. The van der Waals surface area contributed by atoms with Crippen LogP contribution in [0.1, 0.15) is 52.0 Å². The minimum absolute atomic E-state index is 0.0233. The number of likely N-dealkylation sites (tertiary alicyclic amines) is 1. The first-order chi connectivity index (χ1) is 18.3. The van der Waals surface area contributed by atoms with E-state index in [4.69, 9.17) is 9.47 Å². The predicted octanol–water partition coefficient (Wildman–Crippen LogP) is 3.04. The van der Waals surface area contributed by atoms with E-state index in [2.05, 4.69) is 5.32 Å². The maximum absolute atomic E-state index is 14.2. The Bertz CT molecular complexity index is 1220. The molecule has 3 aliphatic rings. The summed E-state index contributed by atoms with van der Waals surface area (Å²) in [5.74, 6) is -2.88. The quantitative estimate of drug-likeness (QED) is 0.646. The van der Waals surface area contributed by atoms with Crippen molar-refractivity contribution < 1.29 is 32.6 Å². The number of benzene rings is 2. The molecule has 202 valence electrons. The van der Waals surface area contributed by atoms with E-state index in [9.17, 15) is 23.2 Å². The lowest BCUT2D eigenvalue weighted by atomic mass is 9.95. The van der Waals surface area contributed by atoms with Crippen molar-refractivity contribution in [2.24, 2.45) is 0 Å². The smallest absolute Gasteiger partial charge is 0.256 e. The second-order valence-corrected chi connectivity index (χ2v) is 10.1. The first-order valence-electron chi connectivity index (χ1n) is 13.0. The van der Waals surface area contributed by atoms with Gasteiger partial charge >= 0.3 is 0 Å². The average molecular weight is 528 g/mol. The molecule has 1 N–H and O–H groups in total. The van der Waals surface area contributed by atoms with Crippen LogP contribution >= 0.6 is 0 Å². The number of carbonyl (C=O) groups excluding carboxylic acids is 3. The van der Waals surface area contributed by atoms with Crippen molar-refractivity contribution in [2.75, 3.05) is 32.8 Å². The van der Waals surface area contributed by atoms with E-state index in [1.807, 2.05) is 13.0 Å². The van der Waals surface area contributed by atoms with Gasteiger partial charge in [0.25, 0.3) is 11.8 Å². The van der Waals surface area contributed by atoms with Crippen molar-refractivity contribution in [3.63, 3.8) is 0 Å². The fourth-order valence-corrected chi connectivity index (χ4v) is 5.51. The number of nitrogens with one attached hydrogen (secondary N) is 1. The Balaban J connectivity index is 1.35. The van der Waals surface area contributed by atoms with E-state index in [0.717, 1.165) is 30.5 Å². The number of halogens is 2. The molecule has 5 rings (SSSR count). The van der Waals surface area contributed by atoms with Gasteiger partial charge in [0.15, 0.2) is 0 Å². The molecule has 8 nitrogen and oxygen atoms in total. The number of amides is 3. The molecule has 3 saturated heterocycles. The van der Waals surface area contributed by atoms with Crippen LogP contribution in [0.15, 0.2) is 42.5 Å². The Morgan fingerprint density at radius 1 is 1.08 bits per heavy atom. The fourth-order valence-electron chi connectivity index (χ4n) is 5.51. The summed E-state index contributed by atoms with van der Waals surface area (Å²) < 4.78 is 39.4. The third-order valence-electron chi connectivity index (χ3n) is 7.57. The van der Waals surface area contributed by atoms with Crippen LogP contribution in [0.3, 0.4) is 0 Å². The number of carbonyl (C=O) groups is 3. The van der Waals surface area contributed by atoms with Gasteiger partial charge in [-0.3, -0.25) is 19.3 Å². The highest BCUT2D eigenvalue weighted by Gasteiger charge is 2.54. The number of ether oxygens (including phenoxy) is 2. The number of hydrogen-bond acceptors (Lipinski definition) is 5. The second kappa shape index (κ2) is 10.8. The minimum Gasteiger partial charge on any atom is -0.376 e. The van der Waals surface area contributed by atoms with Gasteiger partial charge in [0.1, 0.15) is 23.4 Å². The van der Waals surface area contributed by atoms with E-state index in [-0.39, 0.29) is 56.0 Å². The van der Waals surface area contributed by atoms with E-state index >= 15 is 0 Å². The summed E-state index contributed by atoms with van der Waals surface area (Å²) in [6.07, 6.45) is 2.27. The van der Waals surface area contributed by atoms with Gasteiger partial charge in [-0.1, -0.05) is 17.7 Å². The molecule has 3 fully saturated rings. The molecule has 2 aromatic carbocycles. The van der Waals surface area contributed by atoms with E-state index < -0.39 is 29.3 Å². The zero-order chi connectivity index (χ0) is 26.9. The first-order valence-corrected chi connectivity index (χ1v) is 13.0. The summed E-state index contributed by atoms with van der Waals surface area (Å²) in [5.41, 5.74) is 0.0451. The number of nitrogens with zero attached hydrogens (tertiary/aromatic N) is 2. The molecule has 2 aromatic rings. The minimum atomic E-state index is -1.09. The molecule has 0 radical (unpaired) electrons. The van der Waals surface area contributed by atoms with Crippen LogP contribution in [0.25, 0.3) is 0 Å². The van der Waals surface area contributed by atoms with Crippen LogP contribution in [0.5, 0.6) is 0 Å². The van der Waals surface area contributed by atoms with Gasteiger partial charge in [0.05, 0.1) is 18.3 Å². The fraction of sp³-hybridized carbons (Fsp3) is 0.464. The number of aryl methyl sites for hydroxylation is 1. The summed E-state index contributed by atoms with van der Waals surface area (Å²) in [5, 5.41) is 2.92. The molecule has 2 atom stereocenters.